The van der Waals surface area contributed by atoms with Crippen molar-refractivity contribution in [2.45, 2.75) is 36.6 Å². The van der Waals surface area contributed by atoms with E-state index in [0.29, 0.717) is 12.8 Å². The van der Waals surface area contributed by atoms with Crippen molar-refractivity contribution >= 4 is 11.8 Å². The van der Waals surface area contributed by atoms with Gasteiger partial charge in [-0.15, -0.1) is 0 Å². The van der Waals surface area contributed by atoms with E-state index in [2.05, 4.69) is 0 Å². The molecule has 0 aromatic heterocycles. The van der Waals surface area contributed by atoms with Crippen LogP contribution in [0, 0.1) is 5.92 Å². The van der Waals surface area contributed by atoms with Gasteiger partial charge in [-0.3, -0.25) is 14.5 Å². The highest BCUT2D eigenvalue weighted by atomic mass is 16.4. The summed E-state index contributed by atoms with van der Waals surface area (Å²) in [7, 11) is 1.70. The maximum Gasteiger partial charge on any atom is 0.310 e. The van der Waals surface area contributed by atoms with Crippen LogP contribution in [0.5, 0.6) is 0 Å². The molecule has 0 amide bonds. The van der Waals surface area contributed by atoms with Gasteiger partial charge in [0, 0.05) is 17.6 Å². The molecule has 0 spiro atoms. The third-order valence-electron chi connectivity index (χ3n) is 5.15. The molecule has 2 fully saturated rings. The maximum atomic E-state index is 12.8. The fourth-order valence-electron chi connectivity index (χ4n) is 4.02. The van der Waals surface area contributed by atoms with Gasteiger partial charge in [0.15, 0.2) is 11.4 Å². The lowest BCUT2D eigenvalue weighted by atomic mass is 9.72. The number of fused-ring (bicyclic) bond motifs is 2. The van der Waals surface area contributed by atoms with Crippen molar-refractivity contribution in [3.63, 3.8) is 0 Å². The molecule has 1 aromatic carbocycles. The summed E-state index contributed by atoms with van der Waals surface area (Å²) in [6.45, 7) is 0. The quantitative estimate of drug-likeness (QED) is 0.687. The molecule has 2 bridgehead atoms. The number of likely N-dealkylation sites (N-methyl/N-ethyl adjacent to an activating group) is 1. The van der Waals surface area contributed by atoms with E-state index in [4.69, 9.17) is 0 Å². The number of benzene rings is 1. The summed E-state index contributed by atoms with van der Waals surface area (Å²) in [6, 6.07) is 7.27. The van der Waals surface area contributed by atoms with E-state index in [1.807, 2.05) is 0 Å². The normalized spacial score (nSPS) is 38.0. The van der Waals surface area contributed by atoms with Gasteiger partial charge in [0.1, 0.15) is 12.0 Å². The molecule has 3 N–H and O–H groups in total. The summed E-state index contributed by atoms with van der Waals surface area (Å²) in [5.74, 6) is -2.99. The van der Waals surface area contributed by atoms with Gasteiger partial charge in [-0.2, -0.15) is 0 Å². The van der Waals surface area contributed by atoms with Gasteiger partial charge in [0.25, 0.3) is 0 Å². The van der Waals surface area contributed by atoms with Crippen LogP contribution in [0.2, 0.25) is 0 Å². The van der Waals surface area contributed by atoms with Gasteiger partial charge in [-0.1, -0.05) is 30.3 Å². The molecule has 2 heterocycles. The van der Waals surface area contributed by atoms with E-state index in [9.17, 15) is 24.9 Å². The zero-order valence-corrected chi connectivity index (χ0v) is 12.2. The van der Waals surface area contributed by atoms with Crippen molar-refractivity contribution < 1.29 is 24.9 Å². The number of hydrogen-bond donors (Lipinski definition) is 3. The van der Waals surface area contributed by atoms with Gasteiger partial charge >= 0.3 is 5.97 Å². The Hall–Kier alpha value is -1.76. The highest BCUT2D eigenvalue weighted by Gasteiger charge is 2.64. The van der Waals surface area contributed by atoms with Crippen LogP contribution in [0.4, 0.5) is 0 Å². The fraction of sp³-hybridized carbons (Fsp3) is 0.500. The van der Waals surface area contributed by atoms with Crippen LogP contribution in [0.15, 0.2) is 30.3 Å². The largest absolute Gasteiger partial charge is 0.481 e. The van der Waals surface area contributed by atoms with Crippen molar-refractivity contribution in [3.05, 3.63) is 35.9 Å². The number of carbonyl (C=O) groups is 2. The molecule has 2 aliphatic heterocycles. The Kier molecular flexibility index (Phi) is 3.55. The average Bonchev–Trinajstić information content (AvgIpc) is 2.82. The number of carboxylic acid groups (broad SMARTS) is 1. The molecule has 118 valence electrons. The van der Waals surface area contributed by atoms with E-state index in [-0.39, 0.29) is 11.6 Å². The van der Waals surface area contributed by atoms with Crippen LogP contribution in [0.25, 0.3) is 0 Å². The Balaban J connectivity index is 2.07. The molecular formula is C16H19NO5. The first-order valence-electron chi connectivity index (χ1n) is 7.34. The van der Waals surface area contributed by atoms with Gasteiger partial charge in [-0.25, -0.2) is 0 Å². The second-order valence-electron chi connectivity index (χ2n) is 6.16. The Morgan fingerprint density at radius 3 is 2.45 bits per heavy atom. The molecule has 0 aliphatic carbocycles. The lowest BCUT2D eigenvalue weighted by Gasteiger charge is -2.48. The number of aliphatic carboxylic acids is 1. The van der Waals surface area contributed by atoms with Gasteiger partial charge in [0.2, 0.25) is 0 Å². The minimum absolute atomic E-state index is 0.270. The van der Waals surface area contributed by atoms with Gasteiger partial charge in [0.05, 0.1) is 0 Å². The Bertz CT molecular complexity index is 604. The number of ketones is 1. The molecule has 1 unspecified atom stereocenters. The molecule has 0 radical (unpaired) electrons. The lowest BCUT2D eigenvalue weighted by Crippen LogP contribution is -2.70. The summed E-state index contributed by atoms with van der Waals surface area (Å²) >= 11 is 0. The zero-order valence-electron chi connectivity index (χ0n) is 12.2. The predicted octanol–water partition coefficient (Wildman–Crippen LogP) is 0.138. The molecule has 2 aliphatic rings. The molecule has 3 rings (SSSR count). The molecule has 5 atom stereocenters. The zero-order chi connectivity index (χ0) is 16.1. The summed E-state index contributed by atoms with van der Waals surface area (Å²) in [6.07, 6.45) is -0.595. The summed E-state index contributed by atoms with van der Waals surface area (Å²) < 4.78 is 0. The number of aliphatic hydroxyl groups is 2. The smallest absolute Gasteiger partial charge is 0.310 e. The number of nitrogens with zero attached hydrogens (tertiary/aromatic N) is 1. The second kappa shape index (κ2) is 5.15. The molecule has 6 nitrogen and oxygen atoms in total. The third-order valence-corrected chi connectivity index (χ3v) is 5.15. The van der Waals surface area contributed by atoms with Crippen LogP contribution in [0.1, 0.15) is 23.2 Å². The Morgan fingerprint density at radius 2 is 1.86 bits per heavy atom. The number of hydrogen-bond acceptors (Lipinski definition) is 5. The lowest BCUT2D eigenvalue weighted by molar-refractivity contribution is -0.176. The minimum atomic E-state index is -2.10. The standard InChI is InChI=1S/C16H19NO5/c1-17-10-7-8-11(17)16(22,14(19)12(10)15(20)21)13(18)9-5-3-2-4-6-9/h2-6,10-12,14,19,22H,7-8H2,1H3,(H,20,21)/t10-,11+,12-,14-,16?/m1/s1. The van der Waals surface area contributed by atoms with Crippen LogP contribution in [-0.4, -0.2) is 62.8 Å². The summed E-state index contributed by atoms with van der Waals surface area (Å²) in [5.41, 5.74) is -1.83. The topological polar surface area (TPSA) is 98.1 Å². The van der Waals surface area contributed by atoms with Crippen LogP contribution >= 0.6 is 0 Å². The molecule has 2 saturated heterocycles. The van der Waals surface area contributed by atoms with Crippen molar-refractivity contribution in [2.24, 2.45) is 5.92 Å². The number of aliphatic hydroxyl groups excluding tert-OH is 1. The molecule has 6 heteroatoms. The monoisotopic (exact) mass is 305 g/mol. The average molecular weight is 305 g/mol. The Labute approximate surface area is 128 Å². The molecule has 1 aromatic rings. The van der Waals surface area contributed by atoms with Crippen molar-refractivity contribution in [1.82, 2.24) is 4.90 Å². The van der Waals surface area contributed by atoms with E-state index in [1.165, 1.54) is 0 Å². The SMILES string of the molecule is CN1[C@@H]2CC[C@H]1C(O)(C(=O)c1ccccc1)[C@H](O)[C@@H]2C(=O)O. The second-order valence-corrected chi connectivity index (χ2v) is 6.16. The predicted molar refractivity (Wildman–Crippen MR) is 77.4 cm³/mol. The van der Waals surface area contributed by atoms with Gasteiger partial charge < -0.3 is 15.3 Å². The highest BCUT2D eigenvalue weighted by molar-refractivity contribution is 6.04. The van der Waals surface area contributed by atoms with E-state index in [0.717, 1.165) is 0 Å². The Morgan fingerprint density at radius 1 is 1.23 bits per heavy atom. The van der Waals surface area contributed by atoms with Gasteiger partial charge in [-0.05, 0) is 19.9 Å². The number of rotatable bonds is 3. The van der Waals surface area contributed by atoms with E-state index in [1.54, 1.807) is 42.3 Å². The number of Topliss-reactive ketones (excluding diaryl/α,β-unsaturated/α-hetero) is 1. The molecule has 0 saturated carbocycles. The molecule has 22 heavy (non-hydrogen) atoms. The fourth-order valence-corrected chi connectivity index (χ4v) is 4.02. The van der Waals surface area contributed by atoms with Crippen molar-refractivity contribution in [3.8, 4) is 0 Å². The first-order valence-corrected chi connectivity index (χ1v) is 7.34. The van der Waals surface area contributed by atoms with Crippen molar-refractivity contribution in [2.75, 3.05) is 7.05 Å². The summed E-state index contributed by atoms with van der Waals surface area (Å²) in [5, 5.41) is 31.0. The number of carboxylic acids is 1. The first kappa shape index (κ1) is 15.1. The van der Waals surface area contributed by atoms with E-state index < -0.39 is 35.4 Å². The highest BCUT2D eigenvalue weighted by Crippen LogP contribution is 2.45. The van der Waals surface area contributed by atoms with Crippen molar-refractivity contribution in [1.29, 1.82) is 0 Å². The summed E-state index contributed by atoms with van der Waals surface area (Å²) in [4.78, 5) is 26.1. The van der Waals surface area contributed by atoms with Crippen LogP contribution in [-0.2, 0) is 4.79 Å². The number of carbonyl (C=O) groups excluding carboxylic acids is 1. The number of piperidine rings is 1. The maximum absolute atomic E-state index is 12.8. The van der Waals surface area contributed by atoms with E-state index >= 15 is 0 Å². The van der Waals surface area contributed by atoms with Crippen LogP contribution < -0.4 is 0 Å². The minimum Gasteiger partial charge on any atom is -0.481 e. The van der Waals surface area contributed by atoms with Crippen LogP contribution in [0.3, 0.4) is 0 Å². The first-order chi connectivity index (χ1) is 10.4. The molecular weight excluding hydrogens is 286 g/mol. The third kappa shape index (κ3) is 1.91.